The molecule has 1 aliphatic rings. The molecule has 40 heavy (non-hydrogen) atoms. The number of fused-ring (bicyclic) bond motifs is 1. The summed E-state index contributed by atoms with van der Waals surface area (Å²) in [4.78, 5) is 11.2. The van der Waals surface area contributed by atoms with Gasteiger partial charge >= 0.3 is 5.97 Å². The van der Waals surface area contributed by atoms with Crippen LogP contribution in [0.25, 0.3) is 21.2 Å². The van der Waals surface area contributed by atoms with Crippen molar-refractivity contribution in [3.63, 3.8) is 0 Å². The molecule has 1 fully saturated rings. The average molecular weight is 575 g/mol. The number of aryl methyl sites for hydroxylation is 1. The van der Waals surface area contributed by atoms with E-state index in [1.54, 1.807) is 18.3 Å². The minimum atomic E-state index is -0.854. The summed E-state index contributed by atoms with van der Waals surface area (Å²) in [6.07, 6.45) is 2.08. The van der Waals surface area contributed by atoms with Crippen LogP contribution < -0.4 is 9.47 Å². The summed E-state index contributed by atoms with van der Waals surface area (Å²) in [6.45, 7) is 5.81. The molecule has 1 N–H and O–H groups in total. The highest BCUT2D eigenvalue weighted by atomic mass is 32.1. The number of carboxylic acid groups (broad SMARTS) is 1. The van der Waals surface area contributed by atoms with Crippen LogP contribution in [0.15, 0.2) is 66.0 Å². The van der Waals surface area contributed by atoms with Crippen molar-refractivity contribution in [2.75, 3.05) is 13.2 Å². The Morgan fingerprint density at radius 3 is 2.50 bits per heavy atom. The van der Waals surface area contributed by atoms with Crippen molar-refractivity contribution >= 4 is 40.9 Å². The molecular weight excluding hydrogens is 540 g/mol. The first-order valence-corrected chi connectivity index (χ1v) is 14.1. The van der Waals surface area contributed by atoms with Gasteiger partial charge in [-0.15, -0.1) is 17.3 Å². The predicted octanol–water partition coefficient (Wildman–Crippen LogP) is 7.71. The first-order valence-electron chi connectivity index (χ1n) is 13.2. The van der Waals surface area contributed by atoms with Gasteiger partial charge in [-0.25, -0.2) is 0 Å². The van der Waals surface area contributed by atoms with Crippen LogP contribution in [0.2, 0.25) is 0 Å². The standard InChI is InChI=1S/C33H32O5S.H2S/c1-3-4-25(18-33(34)35)24-7-5-23(6-8-24)20-37-27-10-12-32-30(19-27)31(21-39-32)29-11-9-28(17-22(29)2)38-26-13-15-36-16-14-26;/h5-12,17,19,21,25-26H,13-16,18,20H2,1-2H3,(H,34,35);1H2/t25-;/m0./s1. The fraction of sp³-hybridized carbons (Fsp3) is 0.303. The minimum absolute atomic E-state index is 0. The van der Waals surface area contributed by atoms with Crippen molar-refractivity contribution < 1.29 is 24.1 Å². The summed E-state index contributed by atoms with van der Waals surface area (Å²) >= 11 is 1.73. The summed E-state index contributed by atoms with van der Waals surface area (Å²) in [5.74, 6) is 6.38. The van der Waals surface area contributed by atoms with Crippen LogP contribution in [-0.4, -0.2) is 30.4 Å². The SMILES string of the molecule is CC#C[C@@H](CC(=O)O)c1ccc(COc2ccc3scc(-c4ccc(OC5CCOCC5)cc4C)c3c2)cc1.S. The zero-order valence-electron chi connectivity index (χ0n) is 22.7. The fourth-order valence-corrected chi connectivity index (χ4v) is 5.86. The number of carbonyl (C=O) groups is 1. The summed E-state index contributed by atoms with van der Waals surface area (Å²) in [5.41, 5.74) is 5.48. The third kappa shape index (κ3) is 7.19. The molecule has 2 heterocycles. The molecule has 1 aromatic heterocycles. The van der Waals surface area contributed by atoms with E-state index in [2.05, 4.69) is 54.5 Å². The van der Waals surface area contributed by atoms with Gasteiger partial charge in [0.15, 0.2) is 0 Å². The zero-order chi connectivity index (χ0) is 27.2. The van der Waals surface area contributed by atoms with Crippen LogP contribution in [0, 0.1) is 18.8 Å². The van der Waals surface area contributed by atoms with Crippen LogP contribution in [0.3, 0.4) is 0 Å². The van der Waals surface area contributed by atoms with Crippen molar-refractivity contribution in [2.24, 2.45) is 0 Å². The monoisotopic (exact) mass is 574 g/mol. The fourth-order valence-electron chi connectivity index (χ4n) is 4.92. The highest BCUT2D eigenvalue weighted by molar-refractivity contribution is 7.59. The van der Waals surface area contributed by atoms with E-state index in [0.29, 0.717) is 6.61 Å². The largest absolute Gasteiger partial charge is 0.490 e. The highest BCUT2D eigenvalue weighted by Crippen LogP contribution is 2.38. The second-order valence-corrected chi connectivity index (χ2v) is 10.7. The van der Waals surface area contributed by atoms with E-state index < -0.39 is 5.97 Å². The normalized spacial score (nSPS) is 14.1. The second-order valence-electron chi connectivity index (χ2n) is 9.79. The Morgan fingerprint density at radius 2 is 1.80 bits per heavy atom. The van der Waals surface area contributed by atoms with E-state index in [0.717, 1.165) is 48.7 Å². The van der Waals surface area contributed by atoms with E-state index in [1.807, 2.05) is 30.3 Å². The first-order chi connectivity index (χ1) is 19.0. The third-order valence-corrected chi connectivity index (χ3v) is 7.95. The van der Waals surface area contributed by atoms with E-state index in [4.69, 9.17) is 14.2 Å². The second kappa shape index (κ2) is 13.8. The quantitative estimate of drug-likeness (QED) is 0.208. The van der Waals surface area contributed by atoms with Crippen molar-refractivity contribution in [1.82, 2.24) is 0 Å². The Bertz CT molecular complexity index is 1510. The third-order valence-electron chi connectivity index (χ3n) is 6.99. The molecule has 3 aromatic carbocycles. The van der Waals surface area contributed by atoms with E-state index in [9.17, 15) is 9.90 Å². The molecular formula is C33H34O5S2. The van der Waals surface area contributed by atoms with Gasteiger partial charge in [0.2, 0.25) is 0 Å². The summed E-state index contributed by atoms with van der Waals surface area (Å²) in [6, 6.07) is 20.4. The number of carboxylic acids is 1. The number of rotatable bonds is 9. The zero-order valence-corrected chi connectivity index (χ0v) is 24.6. The summed E-state index contributed by atoms with van der Waals surface area (Å²) in [5, 5.41) is 12.6. The van der Waals surface area contributed by atoms with Crippen LogP contribution in [0.1, 0.15) is 48.8 Å². The lowest BCUT2D eigenvalue weighted by molar-refractivity contribution is -0.137. The van der Waals surface area contributed by atoms with Gasteiger partial charge in [-0.3, -0.25) is 4.79 Å². The van der Waals surface area contributed by atoms with Gasteiger partial charge in [-0.05, 0) is 71.8 Å². The molecule has 1 saturated heterocycles. The maximum absolute atomic E-state index is 11.2. The summed E-state index contributed by atoms with van der Waals surface area (Å²) in [7, 11) is 0. The Kier molecular flexibility index (Phi) is 10.2. The minimum Gasteiger partial charge on any atom is -0.490 e. The smallest absolute Gasteiger partial charge is 0.304 e. The van der Waals surface area contributed by atoms with E-state index >= 15 is 0 Å². The number of hydrogen-bond donors (Lipinski definition) is 1. The van der Waals surface area contributed by atoms with Gasteiger partial charge in [-0.1, -0.05) is 36.3 Å². The molecule has 208 valence electrons. The number of aliphatic carboxylic acids is 1. The lowest BCUT2D eigenvalue weighted by Gasteiger charge is -2.23. The number of benzene rings is 3. The molecule has 7 heteroatoms. The van der Waals surface area contributed by atoms with Crippen molar-refractivity contribution in [3.8, 4) is 34.5 Å². The van der Waals surface area contributed by atoms with Crippen LogP contribution >= 0.6 is 24.8 Å². The van der Waals surface area contributed by atoms with Crippen molar-refractivity contribution in [1.29, 1.82) is 0 Å². The molecule has 1 atom stereocenters. The topological polar surface area (TPSA) is 65.0 Å². The summed E-state index contributed by atoms with van der Waals surface area (Å²) < 4.78 is 19.0. The number of thiophene rings is 1. The van der Waals surface area contributed by atoms with Gasteiger partial charge < -0.3 is 19.3 Å². The first kappa shape index (κ1) is 29.5. The lowest BCUT2D eigenvalue weighted by atomic mass is 9.95. The maximum Gasteiger partial charge on any atom is 0.304 e. The molecule has 0 bridgehead atoms. The molecule has 0 spiro atoms. The molecule has 0 amide bonds. The van der Waals surface area contributed by atoms with Gasteiger partial charge in [0.25, 0.3) is 0 Å². The molecule has 4 aromatic rings. The molecule has 0 saturated carbocycles. The van der Waals surface area contributed by atoms with Crippen LogP contribution in [0.5, 0.6) is 11.5 Å². The number of ether oxygens (including phenoxy) is 3. The van der Waals surface area contributed by atoms with Crippen molar-refractivity contribution in [3.05, 3.63) is 82.7 Å². The predicted molar refractivity (Wildman–Crippen MR) is 166 cm³/mol. The average Bonchev–Trinajstić information content (AvgIpc) is 3.35. The van der Waals surface area contributed by atoms with Crippen LogP contribution in [-0.2, 0) is 16.1 Å². The molecule has 0 aliphatic carbocycles. The van der Waals surface area contributed by atoms with Gasteiger partial charge in [-0.2, -0.15) is 13.5 Å². The van der Waals surface area contributed by atoms with Gasteiger partial charge in [0.1, 0.15) is 24.2 Å². The molecule has 5 rings (SSSR count). The van der Waals surface area contributed by atoms with Gasteiger partial charge in [0.05, 0.1) is 25.6 Å². The maximum atomic E-state index is 11.2. The highest BCUT2D eigenvalue weighted by Gasteiger charge is 2.17. The number of hydrogen-bond acceptors (Lipinski definition) is 5. The molecule has 5 nitrogen and oxygen atoms in total. The molecule has 0 radical (unpaired) electrons. The van der Waals surface area contributed by atoms with E-state index in [1.165, 1.54) is 26.8 Å². The Morgan fingerprint density at radius 1 is 1.05 bits per heavy atom. The van der Waals surface area contributed by atoms with Crippen LogP contribution in [0.4, 0.5) is 0 Å². The Labute approximate surface area is 246 Å². The van der Waals surface area contributed by atoms with E-state index in [-0.39, 0.29) is 31.9 Å². The Balaban J connectivity index is 0.00000370. The van der Waals surface area contributed by atoms with Crippen molar-refractivity contribution in [2.45, 2.75) is 51.7 Å². The lowest BCUT2D eigenvalue weighted by Crippen LogP contribution is -2.25. The molecule has 1 aliphatic heterocycles. The Hall–Kier alpha value is -3.44. The van der Waals surface area contributed by atoms with Gasteiger partial charge in [0, 0.05) is 28.5 Å². The molecule has 0 unspecified atom stereocenters.